The average molecular weight is 374 g/mol. The molecule has 0 heterocycles. The fourth-order valence-corrected chi connectivity index (χ4v) is 2.79. The Morgan fingerprint density at radius 1 is 0.923 bits per heavy atom. The third-order valence-electron chi connectivity index (χ3n) is 3.48. The molecule has 0 atom stereocenters. The fraction of sp³-hybridized carbons (Fsp3) is 0.263. The van der Waals surface area contributed by atoms with Crippen LogP contribution >= 0.6 is 11.8 Å². The Balaban J connectivity index is 1.80. The molecule has 0 spiro atoms. The van der Waals surface area contributed by atoms with Crippen molar-refractivity contribution in [3.05, 3.63) is 48.0 Å². The highest BCUT2D eigenvalue weighted by Crippen LogP contribution is 2.28. The summed E-state index contributed by atoms with van der Waals surface area (Å²) in [4.78, 5) is 24.0. The second kappa shape index (κ2) is 9.72. The van der Waals surface area contributed by atoms with Crippen LogP contribution in [0.1, 0.15) is 5.56 Å². The van der Waals surface area contributed by atoms with E-state index in [1.807, 2.05) is 31.2 Å². The number of hydrogen-bond donors (Lipinski definition) is 2. The monoisotopic (exact) mass is 374 g/mol. The first-order valence-electron chi connectivity index (χ1n) is 7.98. The molecule has 2 rings (SSSR count). The molecule has 0 bridgehead atoms. The molecule has 2 amide bonds. The van der Waals surface area contributed by atoms with Gasteiger partial charge in [-0.25, -0.2) is 0 Å². The van der Waals surface area contributed by atoms with Gasteiger partial charge in [0.2, 0.25) is 11.8 Å². The number of methoxy groups -OCH3 is 2. The van der Waals surface area contributed by atoms with Crippen molar-refractivity contribution in [2.75, 3.05) is 36.4 Å². The van der Waals surface area contributed by atoms with Crippen LogP contribution in [0.25, 0.3) is 0 Å². The number of carbonyl (C=O) groups excluding carboxylic acids is 2. The Kier molecular flexibility index (Phi) is 7.35. The average Bonchev–Trinajstić information content (AvgIpc) is 2.63. The van der Waals surface area contributed by atoms with E-state index in [0.717, 1.165) is 11.3 Å². The van der Waals surface area contributed by atoms with Crippen LogP contribution in [0, 0.1) is 6.92 Å². The van der Waals surface area contributed by atoms with Gasteiger partial charge in [0.25, 0.3) is 0 Å². The van der Waals surface area contributed by atoms with E-state index in [4.69, 9.17) is 9.47 Å². The Morgan fingerprint density at radius 2 is 1.58 bits per heavy atom. The SMILES string of the molecule is COc1ccc(OC)c(NC(=O)CSCC(=O)Nc2ccc(C)cc2)c1. The van der Waals surface area contributed by atoms with Crippen LogP contribution < -0.4 is 20.1 Å². The van der Waals surface area contributed by atoms with Crippen molar-refractivity contribution in [1.29, 1.82) is 0 Å². The molecule has 2 N–H and O–H groups in total. The number of anilines is 2. The summed E-state index contributed by atoms with van der Waals surface area (Å²) < 4.78 is 10.4. The highest BCUT2D eigenvalue weighted by atomic mass is 32.2. The molecule has 0 unspecified atom stereocenters. The highest BCUT2D eigenvalue weighted by Gasteiger charge is 2.10. The molecule has 0 fully saturated rings. The molecule has 0 aliphatic carbocycles. The number of hydrogen-bond acceptors (Lipinski definition) is 5. The van der Waals surface area contributed by atoms with E-state index in [0.29, 0.717) is 17.2 Å². The van der Waals surface area contributed by atoms with Gasteiger partial charge in [-0.1, -0.05) is 17.7 Å². The van der Waals surface area contributed by atoms with Gasteiger partial charge in [0.1, 0.15) is 11.5 Å². The molecule has 0 radical (unpaired) electrons. The van der Waals surface area contributed by atoms with E-state index < -0.39 is 0 Å². The molecule has 0 saturated carbocycles. The molecule has 0 aliphatic rings. The summed E-state index contributed by atoms with van der Waals surface area (Å²) >= 11 is 1.24. The minimum absolute atomic E-state index is 0.148. The van der Waals surface area contributed by atoms with Crippen LogP contribution in [0.5, 0.6) is 11.5 Å². The number of aryl methyl sites for hydroxylation is 1. The lowest BCUT2D eigenvalue weighted by Gasteiger charge is -2.11. The van der Waals surface area contributed by atoms with Gasteiger partial charge >= 0.3 is 0 Å². The molecule has 0 saturated heterocycles. The molecule has 0 aromatic heterocycles. The number of benzene rings is 2. The van der Waals surface area contributed by atoms with Crippen molar-refractivity contribution in [1.82, 2.24) is 0 Å². The minimum atomic E-state index is -0.218. The number of ether oxygens (including phenoxy) is 2. The molecule has 26 heavy (non-hydrogen) atoms. The largest absolute Gasteiger partial charge is 0.497 e. The molecule has 138 valence electrons. The second-order valence-electron chi connectivity index (χ2n) is 5.52. The highest BCUT2D eigenvalue weighted by molar-refractivity contribution is 8.00. The zero-order valence-corrected chi connectivity index (χ0v) is 15.8. The summed E-state index contributed by atoms with van der Waals surface area (Å²) in [7, 11) is 3.08. The number of carbonyl (C=O) groups is 2. The lowest BCUT2D eigenvalue weighted by molar-refractivity contribution is -0.114. The topological polar surface area (TPSA) is 76.7 Å². The minimum Gasteiger partial charge on any atom is -0.497 e. The first-order chi connectivity index (χ1) is 12.5. The standard InChI is InChI=1S/C19H22N2O4S/c1-13-4-6-14(7-5-13)20-18(22)11-26-12-19(23)21-16-10-15(24-2)8-9-17(16)25-3/h4-10H,11-12H2,1-3H3,(H,20,22)(H,21,23). The van der Waals surface area contributed by atoms with Gasteiger partial charge in [0.05, 0.1) is 31.4 Å². The lowest BCUT2D eigenvalue weighted by Crippen LogP contribution is -2.18. The zero-order chi connectivity index (χ0) is 18.9. The van der Waals surface area contributed by atoms with Gasteiger partial charge in [0.15, 0.2) is 0 Å². The quantitative estimate of drug-likeness (QED) is 0.741. The Hall–Kier alpha value is -2.67. The maximum Gasteiger partial charge on any atom is 0.234 e. The number of amides is 2. The number of rotatable bonds is 8. The normalized spacial score (nSPS) is 10.1. The van der Waals surface area contributed by atoms with Crippen molar-refractivity contribution >= 4 is 35.0 Å². The third-order valence-corrected chi connectivity index (χ3v) is 4.41. The van der Waals surface area contributed by atoms with Crippen molar-refractivity contribution in [3.8, 4) is 11.5 Å². The molecule has 0 aliphatic heterocycles. The molecule has 7 heteroatoms. The van der Waals surface area contributed by atoms with Gasteiger partial charge in [-0.3, -0.25) is 9.59 Å². The summed E-state index contributed by atoms with van der Waals surface area (Å²) in [5.41, 5.74) is 2.40. The Morgan fingerprint density at radius 3 is 2.19 bits per heavy atom. The first-order valence-corrected chi connectivity index (χ1v) is 9.13. The van der Waals surface area contributed by atoms with Gasteiger partial charge in [-0.05, 0) is 31.2 Å². The van der Waals surface area contributed by atoms with Crippen LogP contribution in [0.15, 0.2) is 42.5 Å². The van der Waals surface area contributed by atoms with Crippen molar-refractivity contribution < 1.29 is 19.1 Å². The zero-order valence-electron chi connectivity index (χ0n) is 15.0. The van der Waals surface area contributed by atoms with E-state index in [-0.39, 0.29) is 23.3 Å². The molecule has 6 nitrogen and oxygen atoms in total. The van der Waals surface area contributed by atoms with Crippen molar-refractivity contribution in [2.24, 2.45) is 0 Å². The Labute approximate surface area is 157 Å². The summed E-state index contributed by atoms with van der Waals surface area (Å²) in [6.07, 6.45) is 0. The maximum atomic E-state index is 12.1. The van der Waals surface area contributed by atoms with Crippen LogP contribution in [-0.2, 0) is 9.59 Å². The van der Waals surface area contributed by atoms with Gasteiger partial charge in [-0.15, -0.1) is 11.8 Å². The third kappa shape index (κ3) is 6.00. The van der Waals surface area contributed by atoms with Gasteiger partial charge in [0, 0.05) is 11.8 Å². The van der Waals surface area contributed by atoms with E-state index in [2.05, 4.69) is 10.6 Å². The smallest absolute Gasteiger partial charge is 0.234 e. The molecular formula is C19H22N2O4S. The van der Waals surface area contributed by atoms with E-state index >= 15 is 0 Å². The molecule has 2 aromatic rings. The number of nitrogens with one attached hydrogen (secondary N) is 2. The maximum absolute atomic E-state index is 12.1. The summed E-state index contributed by atoms with van der Waals surface area (Å²) in [5, 5.41) is 5.57. The van der Waals surface area contributed by atoms with Crippen LogP contribution in [0.3, 0.4) is 0 Å². The van der Waals surface area contributed by atoms with E-state index in [1.54, 1.807) is 25.3 Å². The summed E-state index contributed by atoms with van der Waals surface area (Å²) in [5.74, 6) is 1.14. The second-order valence-corrected chi connectivity index (χ2v) is 6.51. The van der Waals surface area contributed by atoms with Gasteiger partial charge in [-0.2, -0.15) is 0 Å². The summed E-state index contributed by atoms with van der Waals surface area (Å²) in [6.45, 7) is 1.98. The number of thioether (sulfide) groups is 1. The fourth-order valence-electron chi connectivity index (χ4n) is 2.17. The first kappa shape index (κ1) is 19.7. The van der Waals surface area contributed by atoms with Gasteiger partial charge < -0.3 is 20.1 Å². The van der Waals surface area contributed by atoms with Crippen LogP contribution in [0.4, 0.5) is 11.4 Å². The molecular weight excluding hydrogens is 352 g/mol. The lowest BCUT2D eigenvalue weighted by atomic mass is 10.2. The van der Waals surface area contributed by atoms with E-state index in [9.17, 15) is 9.59 Å². The van der Waals surface area contributed by atoms with E-state index in [1.165, 1.54) is 18.9 Å². The van der Waals surface area contributed by atoms with Crippen molar-refractivity contribution in [2.45, 2.75) is 6.92 Å². The Bertz CT molecular complexity index is 763. The predicted octanol–water partition coefficient (Wildman–Crippen LogP) is 3.32. The predicted molar refractivity (Wildman–Crippen MR) is 105 cm³/mol. The molecule has 2 aromatic carbocycles. The summed E-state index contributed by atoms with van der Waals surface area (Å²) in [6, 6.07) is 12.7. The van der Waals surface area contributed by atoms with Crippen LogP contribution in [0.2, 0.25) is 0 Å². The van der Waals surface area contributed by atoms with Crippen molar-refractivity contribution in [3.63, 3.8) is 0 Å². The van der Waals surface area contributed by atoms with Crippen LogP contribution in [-0.4, -0.2) is 37.5 Å².